The highest BCUT2D eigenvalue weighted by Crippen LogP contribution is 2.30. The number of nitrogens with one attached hydrogen (secondary N) is 1. The van der Waals surface area contributed by atoms with E-state index in [1.807, 2.05) is 7.05 Å². The van der Waals surface area contributed by atoms with Gasteiger partial charge in [0.05, 0.1) is 17.9 Å². The van der Waals surface area contributed by atoms with Crippen molar-refractivity contribution < 1.29 is 4.39 Å². The molecule has 2 rings (SSSR count). The van der Waals surface area contributed by atoms with Crippen LogP contribution >= 0.6 is 0 Å². The molecule has 2 unspecified atom stereocenters. The summed E-state index contributed by atoms with van der Waals surface area (Å²) in [5.41, 5.74) is 0.928. The van der Waals surface area contributed by atoms with Crippen molar-refractivity contribution in [3.63, 3.8) is 0 Å². The second kappa shape index (κ2) is 7.85. The smallest absolute Gasteiger partial charge is 0.141 e. The first-order valence-corrected chi connectivity index (χ1v) is 8.18. The third-order valence-corrected chi connectivity index (χ3v) is 4.33. The maximum atomic E-state index is 13.0. The SMILES string of the molecule is CCCCN(CC(C)C(NC)c1ccc(F)cn1)C1CC1. The van der Waals surface area contributed by atoms with Crippen LogP contribution in [0, 0.1) is 11.7 Å². The van der Waals surface area contributed by atoms with Crippen molar-refractivity contribution in [2.45, 2.75) is 51.6 Å². The first-order chi connectivity index (χ1) is 10.2. The highest BCUT2D eigenvalue weighted by atomic mass is 19.1. The molecule has 1 heterocycles. The molecule has 1 N–H and O–H groups in total. The fourth-order valence-corrected chi connectivity index (χ4v) is 2.99. The molecule has 1 aliphatic rings. The Morgan fingerprint density at radius 1 is 1.43 bits per heavy atom. The molecule has 21 heavy (non-hydrogen) atoms. The van der Waals surface area contributed by atoms with E-state index in [4.69, 9.17) is 0 Å². The highest BCUT2D eigenvalue weighted by Gasteiger charge is 2.31. The van der Waals surface area contributed by atoms with Gasteiger partial charge in [-0.05, 0) is 50.9 Å². The van der Waals surface area contributed by atoms with E-state index < -0.39 is 0 Å². The van der Waals surface area contributed by atoms with Crippen LogP contribution in [-0.4, -0.2) is 36.1 Å². The van der Waals surface area contributed by atoms with E-state index in [0.717, 1.165) is 18.3 Å². The van der Waals surface area contributed by atoms with Crippen LogP contribution in [0.5, 0.6) is 0 Å². The minimum atomic E-state index is -0.274. The summed E-state index contributed by atoms with van der Waals surface area (Å²) in [5, 5.41) is 3.35. The lowest BCUT2D eigenvalue weighted by Gasteiger charge is -2.30. The molecule has 0 aromatic carbocycles. The van der Waals surface area contributed by atoms with Crippen LogP contribution in [0.25, 0.3) is 0 Å². The van der Waals surface area contributed by atoms with Gasteiger partial charge in [-0.1, -0.05) is 20.3 Å². The van der Waals surface area contributed by atoms with Gasteiger partial charge in [0.1, 0.15) is 5.82 Å². The molecular weight excluding hydrogens is 265 g/mol. The molecule has 0 radical (unpaired) electrons. The lowest BCUT2D eigenvalue weighted by Crippen LogP contribution is -2.37. The topological polar surface area (TPSA) is 28.2 Å². The number of hydrogen-bond acceptors (Lipinski definition) is 3. The van der Waals surface area contributed by atoms with Crippen molar-refractivity contribution in [2.24, 2.45) is 5.92 Å². The number of hydrogen-bond donors (Lipinski definition) is 1. The third kappa shape index (κ3) is 4.75. The Morgan fingerprint density at radius 2 is 2.19 bits per heavy atom. The number of halogens is 1. The van der Waals surface area contributed by atoms with Crippen LogP contribution in [0.4, 0.5) is 4.39 Å². The van der Waals surface area contributed by atoms with Crippen LogP contribution in [0.2, 0.25) is 0 Å². The normalized spacial score (nSPS) is 18.0. The quantitative estimate of drug-likeness (QED) is 0.756. The summed E-state index contributed by atoms with van der Waals surface area (Å²) in [4.78, 5) is 6.87. The zero-order valence-corrected chi connectivity index (χ0v) is 13.5. The summed E-state index contributed by atoms with van der Waals surface area (Å²) in [6, 6.07) is 4.25. The molecule has 1 aromatic rings. The van der Waals surface area contributed by atoms with Crippen LogP contribution in [-0.2, 0) is 0 Å². The molecule has 0 bridgehead atoms. The van der Waals surface area contributed by atoms with Crippen LogP contribution in [0.3, 0.4) is 0 Å². The summed E-state index contributed by atoms with van der Waals surface area (Å²) in [5.74, 6) is 0.175. The molecule has 1 saturated carbocycles. The Hall–Kier alpha value is -1.00. The summed E-state index contributed by atoms with van der Waals surface area (Å²) in [7, 11) is 1.96. The molecule has 4 heteroatoms. The minimum Gasteiger partial charge on any atom is -0.311 e. The zero-order chi connectivity index (χ0) is 15.2. The molecule has 0 amide bonds. The molecular formula is C17H28FN3. The monoisotopic (exact) mass is 293 g/mol. The molecule has 2 atom stereocenters. The Balaban J connectivity index is 1.97. The summed E-state index contributed by atoms with van der Waals surface area (Å²) in [6.45, 7) is 6.77. The highest BCUT2D eigenvalue weighted by molar-refractivity contribution is 5.11. The van der Waals surface area contributed by atoms with Gasteiger partial charge in [-0.15, -0.1) is 0 Å². The van der Waals surface area contributed by atoms with Crippen molar-refractivity contribution in [3.8, 4) is 0 Å². The van der Waals surface area contributed by atoms with Crippen LogP contribution in [0.1, 0.15) is 51.3 Å². The number of rotatable bonds is 9. The minimum absolute atomic E-state index is 0.175. The van der Waals surface area contributed by atoms with E-state index in [1.165, 1.54) is 44.5 Å². The molecule has 118 valence electrons. The first kappa shape index (κ1) is 16.4. The molecule has 0 saturated heterocycles. The average Bonchev–Trinajstić information content (AvgIpc) is 3.31. The molecule has 0 aliphatic heterocycles. The molecule has 1 aromatic heterocycles. The second-order valence-corrected chi connectivity index (χ2v) is 6.22. The maximum absolute atomic E-state index is 13.0. The van der Waals surface area contributed by atoms with Crippen molar-refractivity contribution in [1.29, 1.82) is 0 Å². The van der Waals surface area contributed by atoms with Crippen molar-refractivity contribution >= 4 is 0 Å². The lowest BCUT2D eigenvalue weighted by molar-refractivity contribution is 0.201. The van der Waals surface area contributed by atoms with E-state index in [9.17, 15) is 4.39 Å². The molecule has 1 fully saturated rings. The van der Waals surface area contributed by atoms with Gasteiger partial charge in [-0.25, -0.2) is 4.39 Å². The Bertz CT molecular complexity index is 417. The van der Waals surface area contributed by atoms with Crippen LogP contribution < -0.4 is 5.32 Å². The van der Waals surface area contributed by atoms with Gasteiger partial charge in [-0.2, -0.15) is 0 Å². The van der Waals surface area contributed by atoms with E-state index in [1.54, 1.807) is 6.07 Å². The third-order valence-electron chi connectivity index (χ3n) is 4.33. The van der Waals surface area contributed by atoms with Crippen LogP contribution in [0.15, 0.2) is 18.3 Å². The van der Waals surface area contributed by atoms with Crippen molar-refractivity contribution in [3.05, 3.63) is 29.8 Å². The van der Waals surface area contributed by atoms with Gasteiger partial charge in [0, 0.05) is 12.6 Å². The predicted octanol–water partition coefficient (Wildman–Crippen LogP) is 3.38. The van der Waals surface area contributed by atoms with Crippen molar-refractivity contribution in [2.75, 3.05) is 20.1 Å². The Labute approximate surface area is 127 Å². The van der Waals surface area contributed by atoms with E-state index >= 15 is 0 Å². The summed E-state index contributed by atoms with van der Waals surface area (Å²) < 4.78 is 13.0. The second-order valence-electron chi connectivity index (χ2n) is 6.22. The summed E-state index contributed by atoms with van der Waals surface area (Å²) in [6.07, 6.45) is 6.50. The van der Waals surface area contributed by atoms with Gasteiger partial charge in [0.25, 0.3) is 0 Å². The number of nitrogens with zero attached hydrogens (tertiary/aromatic N) is 2. The number of aromatic nitrogens is 1. The fraction of sp³-hybridized carbons (Fsp3) is 0.706. The number of pyridine rings is 1. The van der Waals surface area contributed by atoms with Gasteiger partial charge >= 0.3 is 0 Å². The maximum Gasteiger partial charge on any atom is 0.141 e. The first-order valence-electron chi connectivity index (χ1n) is 8.18. The van der Waals surface area contributed by atoms with E-state index in [2.05, 4.69) is 29.0 Å². The predicted molar refractivity (Wildman–Crippen MR) is 84.7 cm³/mol. The van der Waals surface area contributed by atoms with E-state index in [-0.39, 0.29) is 11.9 Å². The molecule has 3 nitrogen and oxygen atoms in total. The van der Waals surface area contributed by atoms with Gasteiger partial charge < -0.3 is 10.2 Å². The van der Waals surface area contributed by atoms with E-state index in [0.29, 0.717) is 5.92 Å². The largest absolute Gasteiger partial charge is 0.311 e. The number of unbranched alkanes of at least 4 members (excludes halogenated alkanes) is 1. The molecule has 1 aliphatic carbocycles. The Morgan fingerprint density at radius 3 is 2.71 bits per heavy atom. The fourth-order valence-electron chi connectivity index (χ4n) is 2.99. The lowest BCUT2D eigenvalue weighted by atomic mass is 9.97. The summed E-state index contributed by atoms with van der Waals surface area (Å²) >= 11 is 0. The van der Waals surface area contributed by atoms with Gasteiger partial charge in [0.2, 0.25) is 0 Å². The van der Waals surface area contributed by atoms with Gasteiger partial charge in [-0.3, -0.25) is 4.98 Å². The Kier molecular flexibility index (Phi) is 6.12. The van der Waals surface area contributed by atoms with Crippen molar-refractivity contribution in [1.82, 2.24) is 15.2 Å². The molecule has 0 spiro atoms. The zero-order valence-electron chi connectivity index (χ0n) is 13.5. The van der Waals surface area contributed by atoms with Gasteiger partial charge in [0.15, 0.2) is 0 Å². The average molecular weight is 293 g/mol. The standard InChI is InChI=1S/C17H28FN3/c1-4-5-10-21(15-7-8-15)12-13(2)17(19-3)16-9-6-14(18)11-20-16/h6,9,11,13,15,17,19H,4-5,7-8,10,12H2,1-3H3.